The molecule has 0 saturated carbocycles. The number of Topliss-reactive ketones (excluding diaryl/α,β-unsaturated/α-hetero) is 1. The van der Waals surface area contributed by atoms with Crippen molar-refractivity contribution in [1.82, 2.24) is 0 Å². The molecule has 88 valence electrons. The summed E-state index contributed by atoms with van der Waals surface area (Å²) in [5.41, 5.74) is -4.36. The van der Waals surface area contributed by atoms with Crippen molar-refractivity contribution in [2.24, 2.45) is 11.3 Å². The van der Waals surface area contributed by atoms with Crippen LogP contribution in [0.15, 0.2) is 24.2 Å². The van der Waals surface area contributed by atoms with Gasteiger partial charge >= 0.3 is 0 Å². The first-order valence-electron chi connectivity index (χ1n) is 11.4. The highest BCUT2D eigenvalue weighted by Gasteiger charge is 2.21. The van der Waals surface area contributed by atoms with E-state index >= 15 is 0 Å². The Morgan fingerprint density at radius 3 is 2.94 bits per heavy atom. The molecule has 0 saturated heterocycles. The number of benzene rings is 1. The van der Waals surface area contributed by atoms with E-state index in [0.717, 1.165) is 6.92 Å². The van der Waals surface area contributed by atoms with Gasteiger partial charge in [0.1, 0.15) is 0 Å². The predicted molar refractivity (Wildman–Crippen MR) is 69.0 cm³/mol. The number of hydrogen-bond acceptors (Lipinski definition) is 1. The van der Waals surface area contributed by atoms with Crippen LogP contribution in [0.1, 0.15) is 63.4 Å². The molecule has 2 heteroatoms. The molecule has 0 N–H and O–H groups in total. The fourth-order valence-corrected chi connectivity index (χ4v) is 1.27. The third kappa shape index (κ3) is 3.97. The van der Waals surface area contributed by atoms with Crippen molar-refractivity contribution in [3.63, 3.8) is 0 Å². The average molecular weight is 253 g/mol. The van der Waals surface area contributed by atoms with Crippen LogP contribution in [0.4, 0.5) is 0 Å². The summed E-state index contributed by atoms with van der Waals surface area (Å²) < 4.78 is 108. The first-order valence-corrected chi connectivity index (χ1v) is 4.73. The lowest BCUT2D eigenvalue weighted by atomic mass is 9.82. The number of carbonyl (C=O) groups excluding carboxylic acids is 1. The maximum Gasteiger partial charge on any atom is 0.165 e. The molecule has 0 unspecified atom stereocenters. The highest BCUT2D eigenvalue weighted by Crippen LogP contribution is 2.26. The maximum atomic E-state index is 13.0. The van der Waals surface area contributed by atoms with Gasteiger partial charge in [-0.05, 0) is 23.9 Å². The molecular weight excluding hydrogens is 220 g/mol. The van der Waals surface area contributed by atoms with Gasteiger partial charge in [0, 0.05) is 30.2 Å². The lowest BCUT2D eigenvalue weighted by Gasteiger charge is -2.22. The summed E-state index contributed by atoms with van der Waals surface area (Å²) in [6.07, 6.45) is -1.48. The first-order chi connectivity index (χ1) is 13.0. The predicted octanol–water partition coefficient (Wildman–Crippen LogP) is 4.60. The van der Waals surface area contributed by atoms with Gasteiger partial charge in [-0.1, -0.05) is 51.2 Å². The van der Waals surface area contributed by atoms with Crippen molar-refractivity contribution < 1.29 is 24.0 Å². The van der Waals surface area contributed by atoms with Crippen molar-refractivity contribution in [3.05, 3.63) is 34.8 Å². The maximum absolute atomic E-state index is 13.0. The van der Waals surface area contributed by atoms with E-state index in [1.807, 2.05) is 0 Å². The third-order valence-corrected chi connectivity index (χ3v) is 1.93. The van der Waals surface area contributed by atoms with E-state index in [1.165, 1.54) is 0 Å². The van der Waals surface area contributed by atoms with Crippen LogP contribution in [-0.2, 0) is 0 Å². The summed E-state index contributed by atoms with van der Waals surface area (Å²) >= 11 is 5.74. The van der Waals surface area contributed by atoms with Gasteiger partial charge < -0.3 is 0 Å². The zero-order valence-corrected chi connectivity index (χ0v) is 9.25. The molecule has 1 aromatic carbocycles. The Labute approximate surface area is 122 Å². The Bertz CT molecular complexity index is 783. The number of rotatable bonds is 3. The molecule has 1 rings (SSSR count). The van der Waals surface area contributed by atoms with E-state index in [1.54, 1.807) is 0 Å². The fourth-order valence-electron chi connectivity index (χ4n) is 1.13. The molecular formula is C14H19ClO. The normalized spacial score (nSPS) is 30.6. The quantitative estimate of drug-likeness (QED) is 0.719. The van der Waals surface area contributed by atoms with E-state index in [2.05, 4.69) is 0 Å². The van der Waals surface area contributed by atoms with Crippen molar-refractivity contribution in [2.45, 2.75) is 33.9 Å². The smallest absolute Gasteiger partial charge is 0.165 e. The largest absolute Gasteiger partial charge is 0.294 e. The molecule has 16 heavy (non-hydrogen) atoms. The highest BCUT2D eigenvalue weighted by atomic mass is 35.5. The summed E-state index contributed by atoms with van der Waals surface area (Å²) in [5.74, 6) is -4.18. The van der Waals surface area contributed by atoms with Gasteiger partial charge in [0.15, 0.2) is 5.78 Å². The van der Waals surface area contributed by atoms with Gasteiger partial charge in [-0.15, -0.1) is 0 Å². The summed E-state index contributed by atoms with van der Waals surface area (Å²) in [5, 5.41) is -0.663. The van der Waals surface area contributed by atoms with E-state index in [9.17, 15) is 4.79 Å². The monoisotopic (exact) mass is 252 g/mol. The Morgan fingerprint density at radius 1 is 1.62 bits per heavy atom. The SMILES string of the molecule is [2H]c1c([2H])c(Cl)c([2H])c(C(=O)[C@]([2H])(C)CC(C([2H])([2H])[2H])(C([2H])([2H])[2H])C([2H])([2H])[2H])c1[2H]. The van der Waals surface area contributed by atoms with Gasteiger partial charge in [0.05, 0.1) is 5.48 Å². The van der Waals surface area contributed by atoms with E-state index < -0.39 is 78.8 Å². The Morgan fingerprint density at radius 2 is 2.31 bits per heavy atom. The van der Waals surface area contributed by atoms with Crippen LogP contribution >= 0.6 is 11.6 Å². The van der Waals surface area contributed by atoms with E-state index in [-0.39, 0.29) is 0 Å². The molecule has 1 nitrogen and oxygen atoms in total. The van der Waals surface area contributed by atoms with Crippen molar-refractivity contribution in [3.8, 4) is 0 Å². The van der Waals surface area contributed by atoms with Crippen LogP contribution in [0, 0.1) is 11.3 Å². The zero-order chi connectivity index (χ0) is 24.2. The van der Waals surface area contributed by atoms with E-state index in [0.29, 0.717) is 0 Å². The second kappa shape index (κ2) is 5.01. The summed E-state index contributed by atoms with van der Waals surface area (Å²) in [7, 11) is 0. The molecule has 1 atom stereocenters. The van der Waals surface area contributed by atoms with Crippen LogP contribution in [0.2, 0.25) is 5.02 Å². The molecule has 0 aliphatic carbocycles. The molecule has 0 fully saturated rings. The molecule has 0 aliphatic rings. The van der Waals surface area contributed by atoms with Gasteiger partial charge in [0.25, 0.3) is 0 Å². The van der Waals surface area contributed by atoms with Crippen LogP contribution in [0.25, 0.3) is 0 Å². The Balaban J connectivity index is 3.79. The highest BCUT2D eigenvalue weighted by molar-refractivity contribution is 6.31. The van der Waals surface area contributed by atoms with Crippen molar-refractivity contribution in [1.29, 1.82) is 0 Å². The second-order valence-electron chi connectivity index (χ2n) is 3.38. The lowest BCUT2D eigenvalue weighted by Crippen LogP contribution is -2.18. The van der Waals surface area contributed by atoms with Crippen LogP contribution in [0.5, 0.6) is 0 Å². The molecule has 0 aliphatic heterocycles. The molecule has 0 radical (unpaired) electrons. The molecule has 0 spiro atoms. The van der Waals surface area contributed by atoms with Gasteiger partial charge in [-0.3, -0.25) is 4.79 Å². The van der Waals surface area contributed by atoms with Crippen molar-refractivity contribution >= 4 is 17.4 Å². The number of ketones is 1. The van der Waals surface area contributed by atoms with E-state index in [4.69, 9.17) is 30.8 Å². The molecule has 0 aromatic heterocycles. The topological polar surface area (TPSA) is 17.1 Å². The van der Waals surface area contributed by atoms with Crippen LogP contribution in [-0.4, -0.2) is 5.78 Å². The number of halogens is 1. The van der Waals surface area contributed by atoms with Gasteiger partial charge in [-0.2, -0.15) is 0 Å². The summed E-state index contributed by atoms with van der Waals surface area (Å²) in [4.78, 5) is 13.0. The molecule has 0 amide bonds. The molecule has 1 aromatic rings. The van der Waals surface area contributed by atoms with Crippen LogP contribution in [0.3, 0.4) is 0 Å². The minimum Gasteiger partial charge on any atom is -0.294 e. The Kier molecular flexibility index (Phi) is 1.12. The summed E-state index contributed by atoms with van der Waals surface area (Å²) in [6.45, 7) is -10.1. The Hall–Kier alpha value is -0.820. The molecule has 0 heterocycles. The summed E-state index contributed by atoms with van der Waals surface area (Å²) in [6, 6.07) is -3.34. The first kappa shape index (κ1) is 3.58. The second-order valence-corrected chi connectivity index (χ2v) is 3.76. The van der Waals surface area contributed by atoms with Crippen molar-refractivity contribution in [2.75, 3.05) is 0 Å². The number of carbonyl (C=O) groups is 1. The minimum absolute atomic E-state index is 0.663. The fraction of sp³-hybridized carbons (Fsp3) is 0.500. The minimum atomic E-state index is -3.64. The standard InChI is InChI=1S/C14H19ClO/c1-10(9-14(2,3)4)13(16)11-6-5-7-12(15)8-11/h5-8,10H,9H2,1-4H3/t10-/m1/s1/i2D3,3D3,4D3,5D,6D,7D,8D,10D. The zero-order valence-electron chi connectivity index (χ0n) is 22.5. The van der Waals surface area contributed by atoms with Crippen LogP contribution < -0.4 is 0 Å². The van der Waals surface area contributed by atoms with Gasteiger partial charge in [-0.25, -0.2) is 0 Å². The van der Waals surface area contributed by atoms with Gasteiger partial charge in [0.2, 0.25) is 0 Å². The average Bonchev–Trinajstić information content (AvgIpc) is 2.52. The molecule has 0 bridgehead atoms. The lowest BCUT2D eigenvalue weighted by molar-refractivity contribution is 0.0897. The third-order valence-electron chi connectivity index (χ3n) is 1.74. The number of hydrogen-bond donors (Lipinski definition) is 0.